The lowest BCUT2D eigenvalue weighted by atomic mass is 9.34. The van der Waals surface area contributed by atoms with E-state index < -0.39 is 46.1 Å². The minimum absolute atomic E-state index is 0.147. The van der Waals surface area contributed by atoms with Crippen molar-refractivity contribution in [2.45, 2.75) is 64.6 Å². The second-order valence-corrected chi connectivity index (χ2v) is 11.0. The van der Waals surface area contributed by atoms with Gasteiger partial charge in [-0.05, 0) is 38.0 Å². The van der Waals surface area contributed by atoms with Crippen molar-refractivity contribution in [3.05, 3.63) is 36.7 Å². The highest BCUT2D eigenvalue weighted by molar-refractivity contribution is 5.86. The van der Waals surface area contributed by atoms with Gasteiger partial charge in [-0.2, -0.15) is 0 Å². The molecule has 2 bridgehead atoms. The van der Waals surface area contributed by atoms with Gasteiger partial charge < -0.3 is 20.1 Å². The summed E-state index contributed by atoms with van der Waals surface area (Å²) in [4.78, 5) is 13.5. The number of ether oxygens (including phenoxy) is 1. The number of aromatic nitrogens is 3. The number of carbonyl (C=O) groups excluding carboxylic acids is 1. The number of ketones is 1. The number of allylic oxidation sites excluding steroid dienone is 2. The first kappa shape index (κ1) is 21.9. The molecule has 0 radical (unpaired) electrons. The third-order valence-corrected chi connectivity index (χ3v) is 9.24. The van der Waals surface area contributed by atoms with Gasteiger partial charge in [0.2, 0.25) is 5.79 Å². The number of nitrogens with zero attached hydrogens (tertiary/aromatic N) is 3. The third-order valence-electron chi connectivity index (χ3n) is 9.24. The van der Waals surface area contributed by atoms with E-state index in [1.807, 2.05) is 26.8 Å². The van der Waals surface area contributed by atoms with E-state index in [4.69, 9.17) is 4.74 Å². The molecule has 5 aliphatic rings. The zero-order valence-corrected chi connectivity index (χ0v) is 19.1. The maximum absolute atomic E-state index is 13.5. The van der Waals surface area contributed by atoms with Crippen LogP contribution in [0.5, 0.6) is 0 Å². The molecular weight excluding hydrogens is 410 g/mol. The monoisotopic (exact) mass is 443 g/mol. The van der Waals surface area contributed by atoms with Crippen molar-refractivity contribution in [1.29, 1.82) is 0 Å². The zero-order valence-electron chi connectivity index (χ0n) is 19.1. The van der Waals surface area contributed by atoms with Crippen LogP contribution in [0, 0.1) is 34.0 Å². The fraction of sp³-hybridized carbons (Fsp3) is 0.708. The van der Waals surface area contributed by atoms with Gasteiger partial charge >= 0.3 is 0 Å². The summed E-state index contributed by atoms with van der Waals surface area (Å²) in [6, 6.07) is -0.347. The van der Waals surface area contributed by atoms with Gasteiger partial charge in [0.15, 0.2) is 0 Å². The van der Waals surface area contributed by atoms with E-state index in [-0.39, 0.29) is 24.3 Å². The number of Topliss-reactive ketones (excluding diaryl/α,β-unsaturated/α-hetero) is 1. The Labute approximate surface area is 188 Å². The van der Waals surface area contributed by atoms with Crippen LogP contribution < -0.4 is 0 Å². The zero-order chi connectivity index (χ0) is 23.3. The van der Waals surface area contributed by atoms with Crippen LogP contribution in [0.25, 0.3) is 0 Å². The highest BCUT2D eigenvalue weighted by Gasteiger charge is 2.84. The smallest absolute Gasteiger partial charge is 0.208 e. The molecule has 2 saturated carbocycles. The third kappa shape index (κ3) is 2.24. The van der Waals surface area contributed by atoms with Crippen molar-refractivity contribution in [1.82, 2.24) is 15.0 Å². The van der Waals surface area contributed by atoms with Crippen molar-refractivity contribution in [2.75, 3.05) is 6.61 Å². The topological polar surface area (TPSA) is 118 Å². The summed E-state index contributed by atoms with van der Waals surface area (Å²) >= 11 is 0. The fourth-order valence-electron chi connectivity index (χ4n) is 8.14. The Morgan fingerprint density at radius 3 is 2.53 bits per heavy atom. The van der Waals surface area contributed by atoms with Gasteiger partial charge in [-0.3, -0.25) is 4.79 Å². The van der Waals surface area contributed by atoms with E-state index in [9.17, 15) is 20.1 Å². The predicted octanol–water partition coefficient (Wildman–Crippen LogP) is 1.65. The molecule has 1 aromatic heterocycles. The van der Waals surface area contributed by atoms with Gasteiger partial charge in [-0.25, -0.2) is 4.68 Å². The van der Waals surface area contributed by atoms with Gasteiger partial charge in [0, 0.05) is 23.4 Å². The van der Waals surface area contributed by atoms with Gasteiger partial charge in [0.1, 0.15) is 17.3 Å². The molecule has 2 aliphatic heterocycles. The molecule has 4 fully saturated rings. The first-order chi connectivity index (χ1) is 15.0. The Morgan fingerprint density at radius 1 is 1.22 bits per heavy atom. The van der Waals surface area contributed by atoms with E-state index in [1.54, 1.807) is 17.1 Å². The summed E-state index contributed by atoms with van der Waals surface area (Å²) in [5.74, 6) is -3.78. The molecule has 0 aromatic carbocycles. The first-order valence-electron chi connectivity index (χ1n) is 11.4. The van der Waals surface area contributed by atoms with Crippen LogP contribution in [0.1, 0.15) is 46.6 Å². The number of aliphatic hydroxyl groups is 3. The van der Waals surface area contributed by atoms with Crippen LogP contribution in [-0.4, -0.2) is 60.7 Å². The Bertz CT molecular complexity index is 990. The molecule has 3 aliphatic carbocycles. The number of carbonyl (C=O) groups is 1. The number of hydrogen-bond acceptors (Lipinski definition) is 7. The van der Waals surface area contributed by atoms with Crippen molar-refractivity contribution >= 4 is 5.78 Å². The largest absolute Gasteiger partial charge is 0.391 e. The summed E-state index contributed by atoms with van der Waals surface area (Å²) in [7, 11) is 0. The quantitative estimate of drug-likeness (QED) is 0.608. The van der Waals surface area contributed by atoms with E-state index in [1.165, 1.54) is 6.92 Å². The highest BCUT2D eigenvalue weighted by atomic mass is 16.6. The van der Waals surface area contributed by atoms with E-state index >= 15 is 0 Å². The van der Waals surface area contributed by atoms with Gasteiger partial charge in [0.05, 0.1) is 24.9 Å². The van der Waals surface area contributed by atoms with Crippen molar-refractivity contribution < 1.29 is 24.9 Å². The molecule has 2 saturated heterocycles. The molecule has 174 valence electrons. The van der Waals surface area contributed by atoms with Crippen LogP contribution >= 0.6 is 0 Å². The van der Waals surface area contributed by atoms with E-state index in [2.05, 4.69) is 23.0 Å². The molecule has 9 atom stereocenters. The molecule has 3 heterocycles. The Balaban J connectivity index is 1.82. The molecule has 0 unspecified atom stereocenters. The van der Waals surface area contributed by atoms with Crippen LogP contribution in [0.3, 0.4) is 0 Å². The maximum atomic E-state index is 13.5. The summed E-state index contributed by atoms with van der Waals surface area (Å²) < 4.78 is 7.83. The van der Waals surface area contributed by atoms with Gasteiger partial charge in [-0.1, -0.05) is 43.4 Å². The first-order valence-corrected chi connectivity index (χ1v) is 11.4. The molecular formula is C24H33N3O5. The lowest BCUT2D eigenvalue weighted by Crippen LogP contribution is -2.85. The predicted molar refractivity (Wildman–Crippen MR) is 115 cm³/mol. The molecule has 3 N–H and O–H groups in total. The Morgan fingerprint density at radius 2 is 1.94 bits per heavy atom. The summed E-state index contributed by atoms with van der Waals surface area (Å²) in [6.45, 7) is 11.5. The fourth-order valence-corrected chi connectivity index (χ4v) is 8.14. The van der Waals surface area contributed by atoms with Crippen LogP contribution in [0.15, 0.2) is 36.7 Å². The molecule has 0 amide bonds. The van der Waals surface area contributed by atoms with E-state index in [0.29, 0.717) is 12.8 Å². The van der Waals surface area contributed by atoms with Gasteiger partial charge in [0.25, 0.3) is 0 Å². The highest BCUT2D eigenvalue weighted by Crippen LogP contribution is 2.75. The molecule has 8 nitrogen and oxygen atoms in total. The van der Waals surface area contributed by atoms with Crippen molar-refractivity contribution in [3.8, 4) is 0 Å². The minimum Gasteiger partial charge on any atom is -0.391 e. The molecule has 8 heteroatoms. The molecule has 6 rings (SSSR count). The molecule has 32 heavy (non-hydrogen) atoms. The minimum atomic E-state index is -2.20. The second-order valence-electron chi connectivity index (χ2n) is 11.0. The second kappa shape index (κ2) is 6.59. The van der Waals surface area contributed by atoms with E-state index in [0.717, 1.165) is 5.57 Å². The summed E-state index contributed by atoms with van der Waals surface area (Å²) in [5.41, 5.74) is -2.18. The normalized spacial score (nSPS) is 48.7. The lowest BCUT2D eigenvalue weighted by Gasteiger charge is -2.75. The number of hydrogen-bond donors (Lipinski definition) is 3. The number of aliphatic hydroxyl groups excluding tert-OH is 2. The molecule has 1 aromatic rings. The standard InChI is InChI=1S/C24H33N3O5/c1-13(2)15-6-7-16-22-12-32-24(31,23(16,14(3)28)19(15)29)20(30)18(22)21(4,5)9-8-17(22)27-11-10-25-26-27/h8-11,15-20,29-31H,1,6-7,12H2,2-5H3/t15-,16-,17+,18+,19+,20-,22+,23+,24-/m0/s1. The Kier molecular flexibility index (Phi) is 4.52. The van der Waals surface area contributed by atoms with Crippen molar-refractivity contribution in [3.63, 3.8) is 0 Å². The number of fused-ring (bicyclic) bond motifs is 1. The molecule has 1 spiro atoms. The average Bonchev–Trinajstić information content (AvgIpc) is 3.23. The maximum Gasteiger partial charge on any atom is 0.208 e. The van der Waals surface area contributed by atoms with Crippen LogP contribution in [0.4, 0.5) is 0 Å². The van der Waals surface area contributed by atoms with Crippen LogP contribution in [-0.2, 0) is 9.53 Å². The number of rotatable bonds is 3. The Hall–Kier alpha value is -1.87. The van der Waals surface area contributed by atoms with Crippen LogP contribution in [0.2, 0.25) is 0 Å². The average molecular weight is 444 g/mol. The summed E-state index contributed by atoms with van der Waals surface area (Å²) in [6.07, 6.45) is 6.12. The van der Waals surface area contributed by atoms with Gasteiger partial charge in [-0.15, -0.1) is 5.10 Å². The summed E-state index contributed by atoms with van der Waals surface area (Å²) in [5, 5.41) is 43.7. The lowest BCUT2D eigenvalue weighted by molar-refractivity contribution is -0.451. The van der Waals surface area contributed by atoms with Crippen molar-refractivity contribution in [2.24, 2.45) is 34.0 Å². The SMILES string of the molecule is C=C(C)[C@@H]1CC[C@H]2[C@@]34CO[C@@](O)([C@@H](O)[C@@H]3C(C)(C)C=C[C@H]4n3ccnn3)[C@@]2(C(C)=O)[C@@H]1O.